The zero-order chi connectivity index (χ0) is 104. The van der Waals surface area contributed by atoms with Gasteiger partial charge in [-0.3, -0.25) is 116 Å². The van der Waals surface area contributed by atoms with E-state index in [1.165, 1.54) is 50.8 Å². The van der Waals surface area contributed by atoms with E-state index in [4.69, 9.17) is 128 Å². The molecule has 147 heavy (non-hydrogen) atoms. The lowest BCUT2D eigenvalue weighted by Gasteiger charge is -2.26. The van der Waals surface area contributed by atoms with Crippen LogP contribution in [0.5, 0.6) is 0 Å². The lowest BCUT2D eigenvalue weighted by atomic mass is 10.2. The molecule has 0 spiro atoms. The van der Waals surface area contributed by atoms with Crippen LogP contribution in [-0.4, -0.2) is 288 Å². The molecule has 27 atom stereocenters. The van der Waals surface area contributed by atoms with Gasteiger partial charge in [0.25, 0.3) is 16.7 Å². The van der Waals surface area contributed by atoms with E-state index in [1.54, 1.807) is 0 Å². The first-order valence-electron chi connectivity index (χ1n) is 43.3. The largest absolute Gasteiger partial charge is 0.472 e. The minimum atomic E-state index is -5.69. The topological polar surface area (TPSA) is 1000 Å². The van der Waals surface area contributed by atoms with Gasteiger partial charge in [0.05, 0.1) is 83.0 Å². The molecule has 7 aliphatic heterocycles. The molecule has 26 N–H and O–H groups in total. The Bertz CT molecular complexity index is 7620. The van der Waals surface area contributed by atoms with Gasteiger partial charge >= 0.3 is 66.1 Å². The average Bonchev–Trinajstić information content (AvgIpc) is 1.62. The maximum Gasteiger partial charge on any atom is 0.472 e. The second-order valence-electron chi connectivity index (χ2n) is 33.6. The number of imidazole rings is 4. The van der Waals surface area contributed by atoms with Crippen LogP contribution in [0.25, 0.3) is 55.7 Å². The number of rotatable bonds is 40. The van der Waals surface area contributed by atoms with Crippen molar-refractivity contribution in [2.75, 3.05) is 86.4 Å². The van der Waals surface area contributed by atoms with Crippen LogP contribution in [0.1, 0.15) is 88.5 Å². The normalized spacial score (nSPS) is 29.1. The highest BCUT2D eigenvalue weighted by Gasteiger charge is 2.54. The van der Waals surface area contributed by atoms with Crippen LogP contribution >= 0.6 is 54.8 Å². The first kappa shape index (κ1) is 105. The van der Waals surface area contributed by atoms with Gasteiger partial charge in [0.15, 0.2) is 45.0 Å². The van der Waals surface area contributed by atoms with Gasteiger partial charge in [0.2, 0.25) is 17.8 Å². The average molecular weight is 2210 g/mol. The molecule has 19 rings (SSSR count). The number of nitrogens with two attached hydrogens (primary N) is 7. The molecule has 7 fully saturated rings. The maximum absolute atomic E-state index is 14.8. The van der Waals surface area contributed by atoms with Crippen molar-refractivity contribution in [1.29, 1.82) is 0 Å². The van der Waals surface area contributed by atoms with Crippen molar-refractivity contribution in [3.63, 3.8) is 0 Å². The second kappa shape index (κ2) is 41.1. The smallest absolute Gasteiger partial charge is 0.390 e. The van der Waals surface area contributed by atoms with Gasteiger partial charge in [0.1, 0.15) is 164 Å². The third-order valence-corrected chi connectivity index (χ3v) is 30.4. The molecule has 12 aromatic heterocycles. The molecule has 0 aromatic carbocycles. The van der Waals surface area contributed by atoms with Crippen molar-refractivity contribution in [2.24, 2.45) is 0 Å². The number of aromatic nitrogens is 23. The number of anilines is 7. The summed E-state index contributed by atoms with van der Waals surface area (Å²) in [6.07, 6.45) is -26.0. The number of hydrogen-bond donors (Lipinski definition) is 19. The van der Waals surface area contributed by atoms with E-state index in [0.29, 0.717) is 0 Å². The summed E-state index contributed by atoms with van der Waals surface area (Å²) in [4.78, 5) is 213. The van der Waals surface area contributed by atoms with Gasteiger partial charge < -0.3 is 122 Å². The van der Waals surface area contributed by atoms with Crippen LogP contribution in [0.3, 0.4) is 0 Å². The number of nitrogen functional groups attached to an aromatic ring is 7. The Hall–Kier alpha value is -11.0. The van der Waals surface area contributed by atoms with Gasteiger partial charge in [-0.05, 0) is 18.2 Å². The molecule has 19 heterocycles. The number of nitrogens with one attached hydrogen (secondary N) is 3. The molecule has 71 nitrogen and oxygen atoms in total. The number of aliphatic hydroxyl groups is 1. The summed E-state index contributed by atoms with van der Waals surface area (Å²) in [5.74, 6) is -1.61. The van der Waals surface area contributed by atoms with Gasteiger partial charge in [-0.1, -0.05) is 0 Å². The summed E-state index contributed by atoms with van der Waals surface area (Å²) in [6.45, 7) is -7.41. The number of nitrogens with zero attached hydrogens (tertiary/aromatic N) is 20. The summed E-state index contributed by atoms with van der Waals surface area (Å²) >= 11 is 0. The van der Waals surface area contributed by atoms with E-state index >= 15 is 0 Å². The third-order valence-electron chi connectivity index (χ3n) is 23.9. The summed E-state index contributed by atoms with van der Waals surface area (Å²) < 4.78 is 221. The molecule has 12 aromatic rings. The Morgan fingerprint density at radius 1 is 0.313 bits per heavy atom. The SMILES string of the molecule is Nc1ccn([C@H]2C[C@H](OP(=O)(O)OC[C@H]3O[C@@H](n4cnc5c(=O)[nH]c(N)nc54)C[C@@H]3OP(=O)(O)OC[C@H]3O[C@@H](n4cnc5c(N)ncnc54)C[C@@H]3OP(=O)(O)OC[C@H]3O[C@@H](n4ccc5c(N)ncnc54)C[C@@H]3OP(=O)(O)OC[C@H]3O[C@@H](n4cnc5c(=O)[nH]c(N)nc54)C[C@@H]3OP(=O)(O)OC[C@H]3O[C@@H](n4ccc(N)nc4=O)C[C@@H]3OP(=O)(O)OC[C@H]3O[C@@H](n4cnc5c(=O)[nH]c(N)nc54)C[C@@H]3O)[C@@H](COP(=O)(O)O)O2)c(=O)n1. The summed E-state index contributed by atoms with van der Waals surface area (Å²) in [5.41, 5.74) is 36.1. The van der Waals surface area contributed by atoms with Gasteiger partial charge in [-0.15, -0.1) is 0 Å². The Labute approximate surface area is 815 Å². The first-order valence-corrected chi connectivity index (χ1v) is 53.8. The predicted molar refractivity (Wildman–Crippen MR) is 483 cm³/mol. The molecular weight excluding hydrogens is 2120 g/mol. The van der Waals surface area contributed by atoms with Crippen molar-refractivity contribution < 1.29 is 168 Å². The lowest BCUT2D eigenvalue weighted by molar-refractivity contribution is -0.0645. The molecule has 7 aliphatic rings. The van der Waals surface area contributed by atoms with Gasteiger partial charge in [-0.2, -0.15) is 24.9 Å². The highest BCUT2D eigenvalue weighted by molar-refractivity contribution is 7.49. The third kappa shape index (κ3) is 23.3. The van der Waals surface area contributed by atoms with Crippen LogP contribution < -0.4 is 68.2 Å². The van der Waals surface area contributed by atoms with Crippen LogP contribution in [0.4, 0.5) is 41.1 Å². The Kier molecular flexibility index (Phi) is 29.2. The Balaban J connectivity index is 0.542. The summed E-state index contributed by atoms with van der Waals surface area (Å²) in [7, 11) is -38.8. The first-order chi connectivity index (χ1) is 69.6. The molecule has 0 radical (unpaired) electrons. The number of H-pyrrole nitrogens is 3. The molecule has 794 valence electrons. The fourth-order valence-corrected chi connectivity index (χ4v) is 23.4. The van der Waals surface area contributed by atoms with Crippen LogP contribution in [0.2, 0.25) is 0 Å². The number of hydrogen-bond acceptors (Lipinski definition) is 53. The fraction of sp³-hybridized carbons (Fsp3) is 0.507. The highest BCUT2D eigenvalue weighted by atomic mass is 31.2. The van der Waals surface area contributed by atoms with Crippen LogP contribution in [0.15, 0.2) is 98.7 Å². The van der Waals surface area contributed by atoms with Gasteiger partial charge in [-0.25, -0.2) is 81.4 Å². The van der Waals surface area contributed by atoms with Gasteiger partial charge in [0, 0.05) is 63.5 Å². The van der Waals surface area contributed by atoms with E-state index < -0.39 is 309 Å². The number of phosphoric ester groups is 7. The fourth-order valence-electron chi connectivity index (χ4n) is 17.3. The number of aromatic amines is 3. The Morgan fingerprint density at radius 3 is 0.918 bits per heavy atom. The van der Waals surface area contributed by atoms with E-state index in [0.717, 1.165) is 56.0 Å². The standard InChI is InChI=1S/C69H87N30O41P7/c70-42-2-5-94(68(104)85-42)46-9-30(36(130-46)15-121-141(106,107)108)136-144(113,114)127-20-41-34(13-50(134-41)99-26-84-54-61(99)89-67(76)92-64(54)103)140-147(119,120)125-18-39-32(11-48(132-39)96-23-81-51-56(73)78-22-80-58(51)96)138-145(115,116)123-16-37-29(8-45(129-37)93-4-1-27-55(72)77-21-79-57(27)93)135-143(111,112)126-19-40-33(12-49(133-40)98-25-83-53-60(98)88-66(75)91-63(53)102)139-146(117,118)124-17-38-31(10-47(131-38)95-6-3-43(71)86-69(95)105)137-142(109,110)122-14-35-28(100)7-44(128-35)97-24-82-52-59(97)87-65(74)90-62(52)101/h1-6,21-26,28-41,44-50,100H,7-20H2,(H,109,110)(H,111,112)(H,113,114)(H,115,116)(H,117,118)(H,119,120)(H2,70,85,104)(H2,71,86,105)(H2,72,77,79)(H2,73,78,80)(H2,106,107,108)(H3,74,87,90,101)(H3,75,88,91,102)(H3,76,89,92,103)/t28-,29-,30-,31-,32-,33-,34-,35+,36+,37+,38+,39+,40+,41+,44+,45+,46+,47+,48+,49+,50+/m0/s1. The molecule has 7 saturated heterocycles. The van der Waals surface area contributed by atoms with Crippen molar-refractivity contribution in [1.82, 2.24) is 112 Å². The molecule has 78 heteroatoms. The predicted octanol–water partition coefficient (Wildman–Crippen LogP) is -2.24. The monoisotopic (exact) mass is 2210 g/mol. The minimum absolute atomic E-state index is 0.00744. The van der Waals surface area contributed by atoms with E-state index in [-0.39, 0.29) is 91.3 Å². The highest BCUT2D eigenvalue weighted by Crippen LogP contribution is 2.59. The summed E-state index contributed by atoms with van der Waals surface area (Å²) in [5, 5.41) is 11.3. The molecule has 0 amide bonds. The second-order valence-corrected chi connectivity index (χ2v) is 43.2. The number of aliphatic hydroxyl groups excluding tert-OH is 1. The molecule has 0 aliphatic carbocycles. The summed E-state index contributed by atoms with van der Waals surface area (Å²) in [6, 6.07) is 3.90. The molecule has 6 unspecified atom stereocenters. The van der Waals surface area contributed by atoms with Crippen molar-refractivity contribution in [3.8, 4) is 0 Å². The number of fused-ring (bicyclic) bond motifs is 5. The van der Waals surface area contributed by atoms with Crippen LogP contribution in [-0.2, 0) is 124 Å². The quantitative estimate of drug-likeness (QED) is 0.0181. The van der Waals surface area contributed by atoms with Crippen molar-refractivity contribution >= 4 is 152 Å². The van der Waals surface area contributed by atoms with E-state index in [2.05, 4.69) is 84.3 Å². The lowest BCUT2D eigenvalue weighted by Crippen LogP contribution is -2.32. The van der Waals surface area contributed by atoms with Crippen molar-refractivity contribution in [2.45, 2.75) is 174 Å². The van der Waals surface area contributed by atoms with Crippen molar-refractivity contribution in [3.05, 3.63) is 127 Å². The van der Waals surface area contributed by atoms with E-state index in [1.807, 2.05) is 0 Å². The zero-order valence-corrected chi connectivity index (χ0v) is 80.9. The zero-order valence-electron chi connectivity index (χ0n) is 74.7. The Morgan fingerprint density at radius 2 is 0.585 bits per heavy atom. The minimum Gasteiger partial charge on any atom is -0.390 e. The number of phosphoric acid groups is 7. The molecule has 0 bridgehead atoms. The van der Waals surface area contributed by atoms with E-state index in [9.17, 15) is 100 Å². The number of ether oxygens (including phenoxy) is 7. The molecular formula is C69H87N30O41P7. The van der Waals surface area contributed by atoms with Crippen LogP contribution in [0, 0.1) is 0 Å². The molecule has 0 saturated carbocycles. The maximum atomic E-state index is 14.8.